The fourth-order valence-corrected chi connectivity index (χ4v) is 2.35. The molecule has 2 heterocycles. The summed E-state index contributed by atoms with van der Waals surface area (Å²) >= 11 is 0. The van der Waals surface area contributed by atoms with Crippen molar-refractivity contribution in [3.63, 3.8) is 0 Å². The van der Waals surface area contributed by atoms with Crippen molar-refractivity contribution >= 4 is 0 Å². The van der Waals surface area contributed by atoms with E-state index >= 15 is 0 Å². The van der Waals surface area contributed by atoms with Gasteiger partial charge in [0.25, 0.3) is 0 Å². The number of aliphatic hydroxyl groups is 1. The number of aromatic nitrogens is 2. The Hall–Kier alpha value is -0.830. The van der Waals surface area contributed by atoms with Gasteiger partial charge < -0.3 is 9.67 Å². The van der Waals surface area contributed by atoms with Crippen LogP contribution >= 0.6 is 0 Å². The van der Waals surface area contributed by atoms with E-state index in [4.69, 9.17) is 0 Å². The number of rotatable bonds is 1. The van der Waals surface area contributed by atoms with Gasteiger partial charge in [-0.1, -0.05) is 6.42 Å². The van der Waals surface area contributed by atoms with E-state index in [2.05, 4.69) is 15.7 Å². The summed E-state index contributed by atoms with van der Waals surface area (Å²) in [6.45, 7) is 0.745. The topological polar surface area (TPSA) is 38.1 Å². The summed E-state index contributed by atoms with van der Waals surface area (Å²) in [6, 6.07) is 0. The molecule has 0 radical (unpaired) electrons. The van der Waals surface area contributed by atoms with Crippen LogP contribution in [0.25, 0.3) is 0 Å². The normalized spacial score (nSPS) is 27.1. The molecule has 1 aromatic heterocycles. The van der Waals surface area contributed by atoms with Crippen LogP contribution in [0.2, 0.25) is 0 Å². The highest BCUT2D eigenvalue weighted by atomic mass is 16.3. The lowest BCUT2D eigenvalue weighted by Crippen LogP contribution is -2.23. The van der Waals surface area contributed by atoms with E-state index in [0.717, 1.165) is 19.4 Å². The van der Waals surface area contributed by atoms with Crippen LogP contribution in [-0.2, 0) is 13.0 Å². The molecule has 1 unspecified atom stereocenters. The standard InChI is InChI=1S/C11H16N2O/c14-9-4-5-11-12-10(7-13(11)6-9)8-2-1-3-8/h7-9,14H,1-6H2. The largest absolute Gasteiger partial charge is 0.391 e. The maximum Gasteiger partial charge on any atom is 0.109 e. The Morgan fingerprint density at radius 3 is 2.93 bits per heavy atom. The smallest absolute Gasteiger partial charge is 0.109 e. The van der Waals surface area contributed by atoms with Crippen LogP contribution in [0.15, 0.2) is 6.20 Å². The lowest BCUT2D eigenvalue weighted by atomic mass is 9.83. The molecule has 1 aliphatic carbocycles. The van der Waals surface area contributed by atoms with E-state index in [1.54, 1.807) is 0 Å². The highest BCUT2D eigenvalue weighted by molar-refractivity contribution is 5.13. The molecule has 1 atom stereocenters. The lowest BCUT2D eigenvalue weighted by molar-refractivity contribution is 0.130. The molecule has 1 aromatic rings. The summed E-state index contributed by atoms with van der Waals surface area (Å²) in [5, 5.41) is 9.53. The number of imidazole rings is 1. The van der Waals surface area contributed by atoms with Gasteiger partial charge in [0.15, 0.2) is 0 Å². The number of aryl methyl sites for hydroxylation is 1. The van der Waals surface area contributed by atoms with Gasteiger partial charge in [-0.2, -0.15) is 0 Å². The van der Waals surface area contributed by atoms with Crippen molar-refractivity contribution in [1.29, 1.82) is 0 Å². The van der Waals surface area contributed by atoms with Crippen LogP contribution < -0.4 is 0 Å². The zero-order valence-corrected chi connectivity index (χ0v) is 8.32. The summed E-state index contributed by atoms with van der Waals surface area (Å²) in [4.78, 5) is 4.66. The summed E-state index contributed by atoms with van der Waals surface area (Å²) < 4.78 is 2.14. The van der Waals surface area contributed by atoms with Gasteiger partial charge in [-0.25, -0.2) is 4.98 Å². The Labute approximate surface area is 83.8 Å². The Bertz CT molecular complexity index is 341. The number of aliphatic hydroxyl groups excluding tert-OH is 1. The highest BCUT2D eigenvalue weighted by Gasteiger charge is 2.25. The van der Waals surface area contributed by atoms with Crippen molar-refractivity contribution in [1.82, 2.24) is 9.55 Å². The van der Waals surface area contributed by atoms with Crippen LogP contribution in [0, 0.1) is 0 Å². The second-order valence-corrected chi connectivity index (χ2v) is 4.55. The molecule has 76 valence electrons. The molecule has 1 aliphatic heterocycles. The third kappa shape index (κ3) is 1.27. The van der Waals surface area contributed by atoms with E-state index in [-0.39, 0.29) is 6.10 Å². The predicted molar refractivity (Wildman–Crippen MR) is 53.1 cm³/mol. The van der Waals surface area contributed by atoms with Gasteiger partial charge in [0, 0.05) is 25.1 Å². The fraction of sp³-hybridized carbons (Fsp3) is 0.727. The fourth-order valence-electron chi connectivity index (χ4n) is 2.35. The molecular formula is C11H16N2O. The summed E-state index contributed by atoms with van der Waals surface area (Å²) in [7, 11) is 0. The van der Waals surface area contributed by atoms with Crippen molar-refractivity contribution in [2.75, 3.05) is 0 Å². The Kier molecular flexibility index (Phi) is 1.87. The van der Waals surface area contributed by atoms with Crippen LogP contribution in [-0.4, -0.2) is 20.8 Å². The highest BCUT2D eigenvalue weighted by Crippen LogP contribution is 2.36. The third-order valence-corrected chi connectivity index (χ3v) is 3.51. The maximum atomic E-state index is 9.53. The van der Waals surface area contributed by atoms with Crippen molar-refractivity contribution in [3.8, 4) is 0 Å². The first-order valence-electron chi connectivity index (χ1n) is 5.57. The summed E-state index contributed by atoms with van der Waals surface area (Å²) in [5.74, 6) is 1.89. The second kappa shape index (κ2) is 3.09. The van der Waals surface area contributed by atoms with E-state index in [1.807, 2.05) is 0 Å². The molecule has 0 spiro atoms. The van der Waals surface area contributed by atoms with Crippen LogP contribution in [0.3, 0.4) is 0 Å². The first kappa shape index (κ1) is 8.48. The summed E-state index contributed by atoms with van der Waals surface area (Å²) in [5.41, 5.74) is 1.26. The van der Waals surface area contributed by atoms with Gasteiger partial charge in [0.1, 0.15) is 5.82 Å². The molecule has 0 aromatic carbocycles. The van der Waals surface area contributed by atoms with Crippen LogP contribution in [0.4, 0.5) is 0 Å². The van der Waals surface area contributed by atoms with E-state index in [0.29, 0.717) is 5.92 Å². The lowest BCUT2D eigenvalue weighted by Gasteiger charge is -2.22. The average molecular weight is 192 g/mol. The molecule has 1 fully saturated rings. The van der Waals surface area contributed by atoms with Crippen molar-refractivity contribution in [3.05, 3.63) is 17.7 Å². The van der Waals surface area contributed by atoms with Gasteiger partial charge in [-0.3, -0.25) is 0 Å². The van der Waals surface area contributed by atoms with Gasteiger partial charge in [-0.05, 0) is 19.3 Å². The SMILES string of the molecule is OC1CCc2nc(C3CCC3)cn2C1. The molecular weight excluding hydrogens is 176 g/mol. The van der Waals surface area contributed by atoms with Crippen LogP contribution in [0.1, 0.15) is 43.1 Å². The molecule has 1 saturated carbocycles. The zero-order valence-electron chi connectivity index (χ0n) is 8.32. The molecule has 3 rings (SSSR count). The number of hydrogen-bond acceptors (Lipinski definition) is 2. The second-order valence-electron chi connectivity index (χ2n) is 4.55. The zero-order chi connectivity index (χ0) is 9.54. The Morgan fingerprint density at radius 1 is 1.36 bits per heavy atom. The van der Waals surface area contributed by atoms with Crippen molar-refractivity contribution in [2.24, 2.45) is 0 Å². The van der Waals surface area contributed by atoms with Crippen molar-refractivity contribution < 1.29 is 5.11 Å². The Morgan fingerprint density at radius 2 is 2.21 bits per heavy atom. The quantitative estimate of drug-likeness (QED) is 0.731. The minimum absolute atomic E-state index is 0.161. The third-order valence-electron chi connectivity index (χ3n) is 3.51. The average Bonchev–Trinajstić information content (AvgIpc) is 2.43. The minimum atomic E-state index is -0.161. The summed E-state index contributed by atoms with van der Waals surface area (Å²) in [6.07, 6.45) is 7.77. The molecule has 3 heteroatoms. The first-order chi connectivity index (χ1) is 6.83. The van der Waals surface area contributed by atoms with Gasteiger partial charge in [-0.15, -0.1) is 0 Å². The maximum absolute atomic E-state index is 9.53. The van der Waals surface area contributed by atoms with Crippen molar-refractivity contribution in [2.45, 2.75) is 50.7 Å². The predicted octanol–water partition coefficient (Wildman–Crippen LogP) is 1.46. The molecule has 3 nitrogen and oxygen atoms in total. The van der Waals surface area contributed by atoms with E-state index in [1.165, 1.54) is 30.8 Å². The van der Waals surface area contributed by atoms with Gasteiger partial charge in [0.2, 0.25) is 0 Å². The molecule has 0 bridgehead atoms. The van der Waals surface area contributed by atoms with Gasteiger partial charge >= 0.3 is 0 Å². The molecule has 14 heavy (non-hydrogen) atoms. The molecule has 1 N–H and O–H groups in total. The molecule has 2 aliphatic rings. The van der Waals surface area contributed by atoms with Gasteiger partial charge in [0.05, 0.1) is 11.8 Å². The van der Waals surface area contributed by atoms with E-state index in [9.17, 15) is 5.11 Å². The molecule has 0 amide bonds. The van der Waals surface area contributed by atoms with E-state index < -0.39 is 0 Å². The first-order valence-corrected chi connectivity index (χ1v) is 5.57. The minimum Gasteiger partial charge on any atom is -0.391 e. The number of hydrogen-bond donors (Lipinski definition) is 1. The number of nitrogens with zero attached hydrogens (tertiary/aromatic N) is 2. The monoisotopic (exact) mass is 192 g/mol. The Balaban J connectivity index is 1.87. The van der Waals surface area contributed by atoms with Crippen LogP contribution in [0.5, 0.6) is 0 Å². The molecule has 0 saturated heterocycles. The number of fused-ring (bicyclic) bond motifs is 1.